The zero-order valence-electron chi connectivity index (χ0n) is 28.0. The largest absolute Gasteiger partial charge is 0.308 e. The van der Waals surface area contributed by atoms with E-state index in [1.165, 1.54) is 5.56 Å². The molecular formula is C43H37N7. The Morgan fingerprint density at radius 1 is 0.620 bits per heavy atom. The molecule has 0 saturated carbocycles. The predicted molar refractivity (Wildman–Crippen MR) is 199 cm³/mol. The van der Waals surface area contributed by atoms with Gasteiger partial charge in [-0.1, -0.05) is 153 Å². The summed E-state index contributed by atoms with van der Waals surface area (Å²) in [4.78, 5) is 9.61. The van der Waals surface area contributed by atoms with Crippen molar-refractivity contribution >= 4 is 11.2 Å². The van der Waals surface area contributed by atoms with Gasteiger partial charge in [-0.2, -0.15) is 0 Å². The van der Waals surface area contributed by atoms with Gasteiger partial charge in [0.2, 0.25) is 0 Å². The van der Waals surface area contributed by atoms with Gasteiger partial charge >= 0.3 is 0 Å². The third kappa shape index (κ3) is 5.56. The molecule has 7 nitrogen and oxygen atoms in total. The lowest BCUT2D eigenvalue weighted by Crippen LogP contribution is -2.39. The number of rotatable bonds is 11. The Labute approximate surface area is 291 Å². The quantitative estimate of drug-likeness (QED) is 0.131. The number of tetrazole rings is 1. The van der Waals surface area contributed by atoms with Crippen LogP contribution in [0.5, 0.6) is 0 Å². The number of imidazole rings is 1. The molecule has 0 atom stereocenters. The maximum atomic E-state index is 4.92. The normalized spacial score (nSPS) is 11.6. The zero-order chi connectivity index (χ0) is 33.8. The SMILES string of the molecule is CCCCc1nc2cccnc2n1Cc1ccc(-c2ccccc2-c2nnnn2C(c2ccccc2)(c2ccccc2)c2ccccc2)cc1. The van der Waals surface area contributed by atoms with Crippen molar-refractivity contribution < 1.29 is 0 Å². The van der Waals surface area contributed by atoms with Crippen molar-refractivity contribution in [3.63, 3.8) is 0 Å². The number of aryl methyl sites for hydroxylation is 1. The molecule has 244 valence electrons. The molecular weight excluding hydrogens is 615 g/mol. The van der Waals surface area contributed by atoms with E-state index in [1.54, 1.807) is 0 Å². The molecule has 0 radical (unpaired) electrons. The summed E-state index contributed by atoms with van der Waals surface area (Å²) in [6.07, 6.45) is 5.00. The number of nitrogens with zero attached hydrogens (tertiary/aromatic N) is 7. The summed E-state index contributed by atoms with van der Waals surface area (Å²) in [5.74, 6) is 1.76. The average Bonchev–Trinajstić information content (AvgIpc) is 3.81. The van der Waals surface area contributed by atoms with Gasteiger partial charge in [0.1, 0.15) is 16.9 Å². The number of fused-ring (bicyclic) bond motifs is 1. The van der Waals surface area contributed by atoms with Gasteiger partial charge in [-0.3, -0.25) is 0 Å². The lowest BCUT2D eigenvalue weighted by atomic mass is 9.77. The van der Waals surface area contributed by atoms with Crippen LogP contribution in [0.3, 0.4) is 0 Å². The van der Waals surface area contributed by atoms with Crippen LogP contribution >= 0.6 is 0 Å². The van der Waals surface area contributed by atoms with Crippen molar-refractivity contribution in [1.29, 1.82) is 0 Å². The van der Waals surface area contributed by atoms with Gasteiger partial charge in [0.25, 0.3) is 0 Å². The molecule has 0 N–H and O–H groups in total. The number of aromatic nitrogens is 7. The molecule has 0 amide bonds. The third-order valence-electron chi connectivity index (χ3n) is 9.47. The second kappa shape index (κ2) is 13.7. The van der Waals surface area contributed by atoms with Crippen molar-refractivity contribution in [1.82, 2.24) is 34.7 Å². The molecule has 0 unspecified atom stereocenters. The zero-order valence-corrected chi connectivity index (χ0v) is 28.0. The van der Waals surface area contributed by atoms with E-state index in [9.17, 15) is 0 Å². The van der Waals surface area contributed by atoms with E-state index in [0.717, 1.165) is 69.6 Å². The minimum atomic E-state index is -0.837. The van der Waals surface area contributed by atoms with Crippen LogP contribution in [0.15, 0.2) is 158 Å². The van der Waals surface area contributed by atoms with Gasteiger partial charge in [-0.05, 0) is 62.4 Å². The Bertz CT molecular complexity index is 2230. The smallest absolute Gasteiger partial charge is 0.184 e. The minimum Gasteiger partial charge on any atom is -0.308 e. The first-order chi connectivity index (χ1) is 24.8. The van der Waals surface area contributed by atoms with Crippen molar-refractivity contribution in [2.24, 2.45) is 0 Å². The Morgan fingerprint density at radius 3 is 1.84 bits per heavy atom. The fourth-order valence-corrected chi connectivity index (χ4v) is 7.09. The van der Waals surface area contributed by atoms with E-state index >= 15 is 0 Å². The monoisotopic (exact) mass is 651 g/mol. The van der Waals surface area contributed by atoms with Crippen LogP contribution in [0.2, 0.25) is 0 Å². The van der Waals surface area contributed by atoms with Crippen LogP contribution in [0.1, 0.15) is 47.8 Å². The number of pyridine rings is 1. The summed E-state index contributed by atoms with van der Waals surface area (Å²) < 4.78 is 4.26. The van der Waals surface area contributed by atoms with E-state index in [1.807, 2.05) is 41.2 Å². The van der Waals surface area contributed by atoms with Gasteiger partial charge in [0.15, 0.2) is 11.5 Å². The van der Waals surface area contributed by atoms with Crippen LogP contribution in [-0.2, 0) is 18.5 Å². The first kappa shape index (κ1) is 31.1. The lowest BCUT2D eigenvalue weighted by Gasteiger charge is -2.36. The van der Waals surface area contributed by atoms with Crippen LogP contribution in [-0.4, -0.2) is 34.7 Å². The molecule has 8 aromatic rings. The van der Waals surface area contributed by atoms with E-state index in [-0.39, 0.29) is 0 Å². The standard InChI is InChI=1S/C43H37N7/c1-2-3-25-40-45-39-24-15-30-44-42(39)49(40)31-32-26-28-33(29-27-32)37-22-13-14-23-38(37)41-46-47-48-50(41)43(34-16-7-4-8-17-34,35-18-9-5-10-19-35)36-20-11-6-12-21-36/h4-24,26-30H,2-3,25,31H2,1H3. The van der Waals surface area contributed by atoms with Gasteiger partial charge in [-0.25, -0.2) is 14.6 Å². The Kier molecular flexibility index (Phi) is 8.53. The molecule has 8 rings (SSSR count). The number of unbranched alkanes of at least 4 members (excludes halogenated alkanes) is 1. The van der Waals surface area contributed by atoms with Gasteiger partial charge < -0.3 is 4.57 Å². The number of hydrogen-bond donors (Lipinski definition) is 0. The second-order valence-electron chi connectivity index (χ2n) is 12.5. The van der Waals surface area contributed by atoms with Gasteiger partial charge in [0, 0.05) is 18.2 Å². The van der Waals surface area contributed by atoms with Crippen LogP contribution < -0.4 is 0 Å². The van der Waals surface area contributed by atoms with Gasteiger partial charge in [0.05, 0.1) is 6.54 Å². The molecule has 0 aliphatic heterocycles. The fourth-order valence-electron chi connectivity index (χ4n) is 7.09. The Balaban J connectivity index is 1.23. The molecule has 7 heteroatoms. The van der Waals surface area contributed by atoms with E-state index < -0.39 is 5.54 Å². The van der Waals surface area contributed by atoms with Crippen LogP contribution in [0.25, 0.3) is 33.7 Å². The molecule has 3 heterocycles. The summed E-state index contributed by atoms with van der Waals surface area (Å²) >= 11 is 0. The Hall–Kier alpha value is -6.21. The summed E-state index contributed by atoms with van der Waals surface area (Å²) in [6, 6.07) is 52.7. The van der Waals surface area contributed by atoms with Crippen molar-refractivity contribution in [3.05, 3.63) is 186 Å². The topological polar surface area (TPSA) is 74.3 Å². The number of hydrogen-bond acceptors (Lipinski definition) is 5. The highest BCUT2D eigenvalue weighted by atomic mass is 15.6. The van der Waals surface area contributed by atoms with Crippen molar-refractivity contribution in [2.75, 3.05) is 0 Å². The molecule has 0 bridgehead atoms. The highest BCUT2D eigenvalue weighted by molar-refractivity contribution is 5.81. The van der Waals surface area contributed by atoms with Gasteiger partial charge in [-0.15, -0.1) is 5.10 Å². The van der Waals surface area contributed by atoms with E-state index in [0.29, 0.717) is 12.4 Å². The molecule has 0 saturated heterocycles. The second-order valence-corrected chi connectivity index (χ2v) is 12.5. The maximum Gasteiger partial charge on any atom is 0.184 e. The molecule has 50 heavy (non-hydrogen) atoms. The molecule has 0 spiro atoms. The first-order valence-corrected chi connectivity index (χ1v) is 17.2. The predicted octanol–water partition coefficient (Wildman–Crippen LogP) is 8.98. The molecule has 0 fully saturated rings. The first-order valence-electron chi connectivity index (χ1n) is 17.2. The van der Waals surface area contributed by atoms with Crippen LogP contribution in [0, 0.1) is 0 Å². The Morgan fingerprint density at radius 2 is 1.22 bits per heavy atom. The van der Waals surface area contributed by atoms with E-state index in [4.69, 9.17) is 15.3 Å². The maximum absolute atomic E-state index is 4.92. The summed E-state index contributed by atoms with van der Waals surface area (Å²) in [5, 5.41) is 13.8. The third-order valence-corrected chi connectivity index (χ3v) is 9.47. The lowest BCUT2D eigenvalue weighted by molar-refractivity contribution is 0.451. The van der Waals surface area contributed by atoms with Crippen LogP contribution in [0.4, 0.5) is 0 Å². The number of benzene rings is 5. The molecule has 0 aliphatic carbocycles. The summed E-state index contributed by atoms with van der Waals surface area (Å²) in [5.41, 5.74) is 8.50. The van der Waals surface area contributed by atoms with E-state index in [2.05, 4.69) is 143 Å². The van der Waals surface area contributed by atoms with Crippen molar-refractivity contribution in [3.8, 4) is 22.5 Å². The molecule has 3 aromatic heterocycles. The highest BCUT2D eigenvalue weighted by Crippen LogP contribution is 2.43. The average molecular weight is 652 g/mol. The van der Waals surface area contributed by atoms with Crippen molar-refractivity contribution in [2.45, 2.75) is 38.3 Å². The fraction of sp³-hybridized carbons (Fsp3) is 0.140. The molecule has 0 aliphatic rings. The summed E-state index contributed by atoms with van der Waals surface area (Å²) in [6.45, 7) is 2.92. The highest BCUT2D eigenvalue weighted by Gasteiger charge is 2.42. The summed E-state index contributed by atoms with van der Waals surface area (Å²) in [7, 11) is 0. The minimum absolute atomic E-state index is 0.678. The molecule has 5 aromatic carbocycles.